The Morgan fingerprint density at radius 1 is 1.17 bits per heavy atom. The number of benzene rings is 2. The number of anilines is 1. The second-order valence-electron chi connectivity index (χ2n) is 5.99. The molecule has 0 aliphatic rings. The quantitative estimate of drug-likeness (QED) is 0.407. The molecule has 164 valence electrons. The van der Waals surface area contributed by atoms with Crippen LogP contribution in [0.25, 0.3) is 0 Å². The molecule has 0 fully saturated rings. The van der Waals surface area contributed by atoms with Crippen molar-refractivity contribution in [1.82, 2.24) is 0 Å². The fourth-order valence-electron chi connectivity index (χ4n) is 2.53. The highest BCUT2D eigenvalue weighted by atomic mass is 79.9. The van der Waals surface area contributed by atoms with Crippen molar-refractivity contribution < 1.29 is 46.4 Å². The van der Waals surface area contributed by atoms with Gasteiger partial charge >= 0.3 is 12.3 Å². The molecule has 0 amide bonds. The summed E-state index contributed by atoms with van der Waals surface area (Å²) in [6.45, 7) is 1.80. The van der Waals surface area contributed by atoms with Crippen molar-refractivity contribution in [3.63, 3.8) is 0 Å². The van der Waals surface area contributed by atoms with Crippen molar-refractivity contribution in [3.05, 3.63) is 39.9 Å². The Morgan fingerprint density at radius 3 is 2.33 bits per heavy atom. The summed E-state index contributed by atoms with van der Waals surface area (Å²) in [4.78, 5) is 10.6. The van der Waals surface area contributed by atoms with Gasteiger partial charge in [-0.25, -0.2) is 13.2 Å². The van der Waals surface area contributed by atoms with E-state index in [1.54, 1.807) is 11.6 Å². The first-order valence-corrected chi connectivity index (χ1v) is 10.4. The summed E-state index contributed by atoms with van der Waals surface area (Å²) in [5.74, 6) is -4.62. The van der Waals surface area contributed by atoms with Crippen molar-refractivity contribution in [3.8, 4) is 17.2 Å². The molecule has 0 spiro atoms. The first-order chi connectivity index (χ1) is 13.7. The van der Waals surface area contributed by atoms with Crippen LogP contribution in [0.5, 0.6) is 17.2 Å². The van der Waals surface area contributed by atoms with Crippen molar-refractivity contribution >= 4 is 37.6 Å². The molecule has 0 aliphatic carbocycles. The van der Waals surface area contributed by atoms with E-state index in [4.69, 9.17) is 5.11 Å². The third-order valence-corrected chi connectivity index (χ3v) is 5.56. The highest BCUT2D eigenvalue weighted by molar-refractivity contribution is 9.10. The van der Waals surface area contributed by atoms with Gasteiger partial charge in [0.15, 0.2) is 5.75 Å². The van der Waals surface area contributed by atoms with E-state index >= 15 is 0 Å². The van der Waals surface area contributed by atoms with Gasteiger partial charge in [0.05, 0.1) is 5.69 Å². The molecule has 2 rings (SSSR count). The Morgan fingerprint density at radius 2 is 1.80 bits per heavy atom. The topological polar surface area (TPSA) is 133 Å². The Labute approximate surface area is 177 Å². The molecule has 2 aromatic rings. The van der Waals surface area contributed by atoms with Gasteiger partial charge in [-0.15, -0.1) is 13.2 Å². The molecule has 0 saturated heterocycles. The summed E-state index contributed by atoms with van der Waals surface area (Å²) in [7, 11) is -4.65. The Balaban J connectivity index is 2.59. The smallest absolute Gasteiger partial charge is 0.506 e. The molecule has 8 nitrogen and oxygen atoms in total. The van der Waals surface area contributed by atoms with E-state index in [-0.39, 0.29) is 5.56 Å². The number of alkyl halides is 3. The van der Waals surface area contributed by atoms with E-state index in [1.165, 1.54) is 6.07 Å². The predicted molar refractivity (Wildman–Crippen MR) is 102 cm³/mol. The number of phenolic OH excluding ortho intramolecular Hbond substituents is 1. The van der Waals surface area contributed by atoms with Crippen LogP contribution >= 0.6 is 15.9 Å². The van der Waals surface area contributed by atoms with Crippen LogP contribution < -0.4 is 9.46 Å². The Kier molecular flexibility index (Phi) is 6.76. The molecule has 0 unspecified atom stereocenters. The van der Waals surface area contributed by atoms with E-state index in [1.807, 2.05) is 0 Å². The van der Waals surface area contributed by atoms with E-state index in [9.17, 15) is 36.6 Å². The molecule has 0 heterocycles. The van der Waals surface area contributed by atoms with Crippen LogP contribution in [0.1, 0.15) is 29.3 Å². The van der Waals surface area contributed by atoms with Gasteiger partial charge in [0.2, 0.25) is 0 Å². The largest absolute Gasteiger partial charge is 0.573 e. The highest BCUT2D eigenvalue weighted by Gasteiger charge is 2.33. The van der Waals surface area contributed by atoms with Crippen LogP contribution in [0, 0.1) is 0 Å². The number of carbonyl (C=O) groups is 1. The standard InChI is InChI=1S/C17H15BrF3NO7S/c1-2-3-8-4-9(18)5-13(14(8)23)30(27,28)22-12-7-10(29-17(19,20)21)6-11(15(12)24)16(25)26/h4-7,22-24H,2-3H2,1H3,(H,25,26). The van der Waals surface area contributed by atoms with Gasteiger partial charge in [0.25, 0.3) is 10.0 Å². The third-order valence-electron chi connectivity index (χ3n) is 3.72. The zero-order valence-corrected chi connectivity index (χ0v) is 17.5. The number of halogens is 4. The molecule has 0 atom stereocenters. The number of aryl methyl sites for hydroxylation is 1. The lowest BCUT2D eigenvalue weighted by atomic mass is 10.1. The van der Waals surface area contributed by atoms with Crippen LogP contribution in [0.3, 0.4) is 0 Å². The summed E-state index contributed by atoms with van der Waals surface area (Å²) in [6, 6.07) is 3.39. The van der Waals surface area contributed by atoms with Crippen LogP contribution in [-0.4, -0.2) is 36.1 Å². The zero-order valence-electron chi connectivity index (χ0n) is 15.1. The lowest BCUT2D eigenvalue weighted by Gasteiger charge is -2.16. The zero-order chi connectivity index (χ0) is 22.9. The first kappa shape index (κ1) is 23.6. The van der Waals surface area contributed by atoms with Crippen molar-refractivity contribution in [2.75, 3.05) is 4.72 Å². The number of carboxylic acids is 1. The van der Waals surface area contributed by atoms with Gasteiger partial charge in [0.1, 0.15) is 22.0 Å². The van der Waals surface area contributed by atoms with Crippen molar-refractivity contribution in [1.29, 1.82) is 0 Å². The molecule has 0 radical (unpaired) electrons. The van der Waals surface area contributed by atoms with Gasteiger partial charge in [-0.3, -0.25) is 4.72 Å². The first-order valence-electron chi connectivity index (χ1n) is 8.15. The summed E-state index contributed by atoms with van der Waals surface area (Å²) in [5, 5.41) is 29.4. The number of rotatable bonds is 7. The fourth-order valence-corrected chi connectivity index (χ4v) is 4.41. The number of phenols is 2. The molecule has 2 aromatic carbocycles. The average Bonchev–Trinajstić information content (AvgIpc) is 2.58. The molecule has 0 aromatic heterocycles. The number of nitrogens with one attached hydrogen (secondary N) is 1. The maximum absolute atomic E-state index is 12.7. The molecule has 13 heteroatoms. The number of ether oxygens (including phenoxy) is 1. The number of aromatic carboxylic acids is 1. The molecule has 0 bridgehead atoms. The number of hydrogen-bond donors (Lipinski definition) is 4. The molecule has 30 heavy (non-hydrogen) atoms. The monoisotopic (exact) mass is 513 g/mol. The summed E-state index contributed by atoms with van der Waals surface area (Å²) >= 11 is 3.11. The van der Waals surface area contributed by atoms with E-state index in [0.29, 0.717) is 29.4 Å². The predicted octanol–water partition coefficient (Wildman–Crippen LogP) is 4.21. The number of hydrogen-bond acceptors (Lipinski definition) is 6. The molecular formula is C17H15BrF3NO7S. The summed E-state index contributed by atoms with van der Waals surface area (Å²) < 4.78 is 68.8. The van der Waals surface area contributed by atoms with Crippen LogP contribution in [0.4, 0.5) is 18.9 Å². The number of carboxylic acid groups (broad SMARTS) is 1. The molecular weight excluding hydrogens is 499 g/mol. The average molecular weight is 514 g/mol. The normalized spacial score (nSPS) is 11.9. The van der Waals surface area contributed by atoms with Gasteiger partial charge < -0.3 is 20.1 Å². The maximum atomic E-state index is 12.7. The molecule has 0 saturated carbocycles. The lowest BCUT2D eigenvalue weighted by Crippen LogP contribution is -2.18. The minimum atomic E-state index is -5.19. The highest BCUT2D eigenvalue weighted by Crippen LogP contribution is 2.38. The van der Waals surface area contributed by atoms with E-state index in [2.05, 4.69) is 20.7 Å². The molecule has 0 aliphatic heterocycles. The van der Waals surface area contributed by atoms with Gasteiger partial charge in [0, 0.05) is 10.5 Å². The van der Waals surface area contributed by atoms with Gasteiger partial charge in [-0.1, -0.05) is 29.3 Å². The van der Waals surface area contributed by atoms with E-state index in [0.717, 1.165) is 6.07 Å². The SMILES string of the molecule is CCCc1cc(Br)cc(S(=O)(=O)Nc2cc(OC(F)(F)F)cc(C(=O)O)c2O)c1O. The number of sulfonamides is 1. The minimum Gasteiger partial charge on any atom is -0.506 e. The van der Waals surface area contributed by atoms with Crippen LogP contribution in [0.2, 0.25) is 0 Å². The lowest BCUT2D eigenvalue weighted by molar-refractivity contribution is -0.274. The van der Waals surface area contributed by atoms with E-state index < -0.39 is 55.7 Å². The summed E-state index contributed by atoms with van der Waals surface area (Å²) in [5.41, 5.74) is -1.62. The van der Waals surface area contributed by atoms with Gasteiger partial charge in [-0.05, 0) is 30.2 Å². The minimum absolute atomic E-state index is 0.289. The Hall–Kier alpha value is -2.67. The van der Waals surface area contributed by atoms with Crippen LogP contribution in [0.15, 0.2) is 33.6 Å². The van der Waals surface area contributed by atoms with Crippen LogP contribution in [-0.2, 0) is 16.4 Å². The molecule has 4 N–H and O–H groups in total. The second kappa shape index (κ2) is 8.60. The third kappa shape index (κ3) is 5.48. The maximum Gasteiger partial charge on any atom is 0.573 e. The fraction of sp³-hybridized carbons (Fsp3) is 0.235. The van der Waals surface area contributed by atoms with Crippen molar-refractivity contribution in [2.45, 2.75) is 31.0 Å². The van der Waals surface area contributed by atoms with Crippen molar-refractivity contribution in [2.24, 2.45) is 0 Å². The second-order valence-corrected chi connectivity index (χ2v) is 8.55. The number of aromatic hydroxyl groups is 2. The van der Waals surface area contributed by atoms with Gasteiger partial charge in [-0.2, -0.15) is 0 Å². The summed E-state index contributed by atoms with van der Waals surface area (Å²) in [6.07, 6.45) is -4.28. The Bertz CT molecular complexity index is 1090.